The highest BCUT2D eigenvalue weighted by atomic mass is 35.5. The van der Waals surface area contributed by atoms with E-state index in [0.29, 0.717) is 12.3 Å². The summed E-state index contributed by atoms with van der Waals surface area (Å²) in [4.78, 5) is 0. The molecule has 0 saturated heterocycles. The molecular weight excluding hydrogens is 244 g/mol. The van der Waals surface area contributed by atoms with Crippen molar-refractivity contribution in [3.05, 3.63) is 35.2 Å². The van der Waals surface area contributed by atoms with E-state index in [9.17, 15) is 10.2 Å². The number of aliphatic hydroxyl groups is 2. The van der Waals surface area contributed by atoms with Gasteiger partial charge in [-0.1, -0.05) is 12.1 Å². The molecule has 0 spiro atoms. The van der Waals surface area contributed by atoms with Gasteiger partial charge in [0.1, 0.15) is 6.10 Å². The van der Waals surface area contributed by atoms with E-state index in [2.05, 4.69) is 0 Å². The van der Waals surface area contributed by atoms with Gasteiger partial charge in [-0.15, -0.1) is 22.9 Å². The van der Waals surface area contributed by atoms with Gasteiger partial charge in [-0.2, -0.15) is 0 Å². The summed E-state index contributed by atoms with van der Waals surface area (Å²) in [5.74, 6) is 0.347. The number of rotatable bonds is 4. The minimum absolute atomic E-state index is 0.347. The van der Waals surface area contributed by atoms with Gasteiger partial charge in [-0.25, -0.2) is 0 Å². The molecule has 1 aromatic heterocycles. The van der Waals surface area contributed by atoms with Gasteiger partial charge in [-0.3, -0.25) is 0 Å². The second-order valence-electron chi connectivity index (χ2n) is 3.71. The SMILES string of the molecule is OC(CCCl)C(O)c1ccc2ccsc2c1. The molecule has 16 heavy (non-hydrogen) atoms. The Kier molecular flexibility index (Phi) is 3.82. The van der Waals surface area contributed by atoms with Gasteiger partial charge in [0.25, 0.3) is 0 Å². The van der Waals surface area contributed by atoms with Gasteiger partial charge in [0.2, 0.25) is 0 Å². The summed E-state index contributed by atoms with van der Waals surface area (Å²) in [6, 6.07) is 7.75. The normalized spacial score (nSPS) is 15.2. The summed E-state index contributed by atoms with van der Waals surface area (Å²) in [5.41, 5.74) is 0.743. The van der Waals surface area contributed by atoms with Crippen LogP contribution < -0.4 is 0 Å². The van der Waals surface area contributed by atoms with Crippen molar-refractivity contribution in [1.29, 1.82) is 0 Å². The highest BCUT2D eigenvalue weighted by molar-refractivity contribution is 7.17. The Morgan fingerprint density at radius 1 is 1.25 bits per heavy atom. The third kappa shape index (κ3) is 2.38. The molecule has 0 bridgehead atoms. The molecule has 4 heteroatoms. The van der Waals surface area contributed by atoms with E-state index in [1.165, 1.54) is 0 Å². The van der Waals surface area contributed by atoms with Crippen molar-refractivity contribution in [2.75, 3.05) is 5.88 Å². The van der Waals surface area contributed by atoms with E-state index < -0.39 is 12.2 Å². The standard InChI is InChI=1S/C12H13ClO2S/c13-5-3-10(14)12(15)9-2-1-8-4-6-16-11(8)7-9/h1-2,4,6-7,10,12,14-15H,3,5H2. The molecule has 0 fully saturated rings. The third-order valence-electron chi connectivity index (χ3n) is 2.59. The molecule has 2 N–H and O–H groups in total. The summed E-state index contributed by atoms with van der Waals surface area (Å²) in [6.07, 6.45) is -1.26. The zero-order chi connectivity index (χ0) is 11.5. The van der Waals surface area contributed by atoms with Crippen molar-refractivity contribution in [2.24, 2.45) is 0 Å². The number of alkyl halides is 1. The minimum Gasteiger partial charge on any atom is -0.390 e. The molecule has 0 radical (unpaired) electrons. The van der Waals surface area contributed by atoms with Crippen LogP contribution in [0.15, 0.2) is 29.6 Å². The fourth-order valence-corrected chi connectivity index (χ4v) is 2.71. The lowest BCUT2D eigenvalue weighted by atomic mass is 10.0. The molecule has 2 unspecified atom stereocenters. The third-order valence-corrected chi connectivity index (χ3v) is 3.69. The van der Waals surface area contributed by atoms with E-state index in [4.69, 9.17) is 11.6 Å². The van der Waals surface area contributed by atoms with Gasteiger partial charge < -0.3 is 10.2 Å². The van der Waals surface area contributed by atoms with Gasteiger partial charge in [0, 0.05) is 10.6 Å². The summed E-state index contributed by atoms with van der Waals surface area (Å²) in [5, 5.41) is 22.7. The Morgan fingerprint density at radius 2 is 2.06 bits per heavy atom. The largest absolute Gasteiger partial charge is 0.390 e. The van der Waals surface area contributed by atoms with Gasteiger partial charge in [0.05, 0.1) is 6.10 Å². The maximum Gasteiger partial charge on any atom is 0.105 e. The van der Waals surface area contributed by atoms with Crippen LogP contribution in [0.3, 0.4) is 0 Å². The number of thiophene rings is 1. The van der Waals surface area contributed by atoms with Crippen LogP contribution in [0.5, 0.6) is 0 Å². The Bertz CT molecular complexity index is 469. The van der Waals surface area contributed by atoms with Crippen molar-refractivity contribution >= 4 is 33.0 Å². The van der Waals surface area contributed by atoms with Crippen LogP contribution in [-0.2, 0) is 0 Å². The molecule has 0 aliphatic heterocycles. The molecule has 1 aromatic carbocycles. The molecule has 0 saturated carbocycles. The molecule has 0 aliphatic carbocycles. The van der Waals surface area contributed by atoms with E-state index in [1.807, 2.05) is 29.6 Å². The van der Waals surface area contributed by atoms with Crippen molar-refractivity contribution in [1.82, 2.24) is 0 Å². The summed E-state index contributed by atoms with van der Waals surface area (Å²) in [7, 11) is 0. The minimum atomic E-state index is -0.856. The van der Waals surface area contributed by atoms with Crippen LogP contribution in [0.4, 0.5) is 0 Å². The summed E-state index contributed by atoms with van der Waals surface area (Å²) < 4.78 is 1.12. The average Bonchev–Trinajstić information content (AvgIpc) is 2.75. The molecule has 2 nitrogen and oxygen atoms in total. The quantitative estimate of drug-likeness (QED) is 0.826. The number of benzene rings is 1. The molecule has 86 valence electrons. The maximum atomic E-state index is 9.91. The topological polar surface area (TPSA) is 40.5 Å². The zero-order valence-corrected chi connectivity index (χ0v) is 10.2. The van der Waals surface area contributed by atoms with Crippen LogP contribution in [-0.4, -0.2) is 22.2 Å². The molecule has 2 aromatic rings. The second kappa shape index (κ2) is 5.15. The van der Waals surface area contributed by atoms with Crippen molar-refractivity contribution < 1.29 is 10.2 Å². The van der Waals surface area contributed by atoms with Gasteiger partial charge in [0.15, 0.2) is 0 Å². The molecule has 1 heterocycles. The second-order valence-corrected chi connectivity index (χ2v) is 5.03. The number of fused-ring (bicyclic) bond motifs is 1. The van der Waals surface area contributed by atoms with E-state index >= 15 is 0 Å². The molecule has 2 atom stereocenters. The lowest BCUT2D eigenvalue weighted by molar-refractivity contribution is 0.0171. The van der Waals surface area contributed by atoms with Gasteiger partial charge in [-0.05, 0) is 34.9 Å². The molecule has 0 aliphatic rings. The fraction of sp³-hybridized carbons (Fsp3) is 0.333. The average molecular weight is 257 g/mol. The van der Waals surface area contributed by atoms with Crippen molar-refractivity contribution in [3.8, 4) is 0 Å². The van der Waals surface area contributed by atoms with Crippen molar-refractivity contribution in [2.45, 2.75) is 18.6 Å². The Morgan fingerprint density at radius 3 is 2.81 bits per heavy atom. The fourth-order valence-electron chi connectivity index (χ4n) is 1.65. The van der Waals surface area contributed by atoms with E-state index in [0.717, 1.165) is 15.6 Å². The molecule has 2 rings (SSSR count). The number of aliphatic hydroxyl groups excluding tert-OH is 2. The number of halogens is 1. The number of hydrogen-bond donors (Lipinski definition) is 2. The Labute approximate surface area is 103 Å². The molecular formula is C12H13ClO2S. The first-order valence-electron chi connectivity index (χ1n) is 5.11. The maximum absolute atomic E-state index is 9.91. The monoisotopic (exact) mass is 256 g/mol. The summed E-state index contributed by atoms with van der Waals surface area (Å²) in [6.45, 7) is 0. The molecule has 0 amide bonds. The van der Waals surface area contributed by atoms with E-state index in [1.54, 1.807) is 11.3 Å². The lowest BCUT2D eigenvalue weighted by Crippen LogP contribution is -2.18. The van der Waals surface area contributed by atoms with E-state index in [-0.39, 0.29) is 0 Å². The first kappa shape index (κ1) is 11.9. The predicted molar refractivity (Wildman–Crippen MR) is 68.1 cm³/mol. The predicted octanol–water partition coefficient (Wildman–Crippen LogP) is 2.92. The first-order valence-corrected chi connectivity index (χ1v) is 6.53. The van der Waals surface area contributed by atoms with Crippen LogP contribution in [0.25, 0.3) is 10.1 Å². The van der Waals surface area contributed by atoms with Crippen LogP contribution in [0, 0.1) is 0 Å². The smallest absolute Gasteiger partial charge is 0.105 e. The van der Waals surface area contributed by atoms with Crippen molar-refractivity contribution in [3.63, 3.8) is 0 Å². The Hall–Kier alpha value is -0.610. The van der Waals surface area contributed by atoms with Crippen LogP contribution >= 0.6 is 22.9 Å². The summed E-state index contributed by atoms with van der Waals surface area (Å²) >= 11 is 7.16. The lowest BCUT2D eigenvalue weighted by Gasteiger charge is -2.17. The Balaban J connectivity index is 2.24. The number of hydrogen-bond acceptors (Lipinski definition) is 3. The zero-order valence-electron chi connectivity index (χ0n) is 8.64. The highest BCUT2D eigenvalue weighted by Gasteiger charge is 2.17. The first-order chi connectivity index (χ1) is 7.72. The van der Waals surface area contributed by atoms with Crippen LogP contribution in [0.1, 0.15) is 18.1 Å². The van der Waals surface area contributed by atoms with Crippen LogP contribution in [0.2, 0.25) is 0 Å². The van der Waals surface area contributed by atoms with Gasteiger partial charge >= 0.3 is 0 Å². The highest BCUT2D eigenvalue weighted by Crippen LogP contribution is 2.26.